The lowest BCUT2D eigenvalue weighted by Gasteiger charge is -2.47. The fraction of sp³-hybridized carbons (Fsp3) is 1.00. The Morgan fingerprint density at radius 3 is 1.79 bits per heavy atom. The van der Waals surface area contributed by atoms with Gasteiger partial charge in [0, 0.05) is 56.4 Å². The molecular weight excluding hydrogens is 526 g/mol. The van der Waals surface area contributed by atoms with Crippen molar-refractivity contribution >= 4 is 0 Å². The maximum Gasteiger partial charge on any atom is 0.0154 e. The third kappa shape index (κ3) is 10.1. The van der Waals surface area contributed by atoms with E-state index in [1.54, 1.807) is 0 Å². The van der Waals surface area contributed by atoms with Crippen molar-refractivity contribution in [3.63, 3.8) is 0 Å². The topological polar surface area (TPSA) is 16.2 Å². The molecule has 0 bridgehead atoms. The molecule has 4 rings (SSSR count). The van der Waals surface area contributed by atoms with E-state index < -0.39 is 0 Å². The lowest BCUT2D eigenvalue weighted by Crippen LogP contribution is -2.55. The van der Waals surface area contributed by atoms with Gasteiger partial charge in [-0.05, 0) is 161 Å². The highest BCUT2D eigenvalue weighted by molar-refractivity contribution is 4.92. The van der Waals surface area contributed by atoms with Gasteiger partial charge < -0.3 is 14.7 Å². The van der Waals surface area contributed by atoms with Crippen molar-refractivity contribution in [2.45, 2.75) is 138 Å². The molecule has 43 heavy (non-hydrogen) atoms. The maximum atomic E-state index is 2.83. The second kappa shape index (κ2) is 15.1. The molecule has 4 heterocycles. The second-order valence-corrected chi connectivity index (χ2v) is 18.2. The lowest BCUT2D eigenvalue weighted by atomic mass is 9.69. The van der Waals surface area contributed by atoms with Crippen molar-refractivity contribution in [3.8, 4) is 0 Å². The zero-order valence-corrected chi connectivity index (χ0v) is 30.8. The van der Waals surface area contributed by atoms with E-state index in [0.29, 0.717) is 16.5 Å². The van der Waals surface area contributed by atoms with Crippen molar-refractivity contribution in [2.75, 3.05) is 78.5 Å². The first-order valence-corrected chi connectivity index (χ1v) is 18.8. The van der Waals surface area contributed by atoms with Gasteiger partial charge in [0.15, 0.2) is 0 Å². The first-order valence-electron chi connectivity index (χ1n) is 18.8. The van der Waals surface area contributed by atoms with E-state index in [9.17, 15) is 0 Å². The standard InChI is InChI=1S/C38H75N5/c1-31(2)32(3)41-22-12-34(30-41)29-40-25-27-43(28-26-40)38(9,10)18-17-37(7,8)35-15-20-39(21-16-35)19-11-33-13-23-42(24-14-33)36(4,5)6/h31-35H,11-30H2,1-10H3/t32-,34-/m1/s1. The Morgan fingerprint density at radius 2 is 1.21 bits per heavy atom. The van der Waals surface area contributed by atoms with Crippen LogP contribution in [0, 0.1) is 29.1 Å². The fourth-order valence-electron chi connectivity index (χ4n) is 8.89. The molecule has 2 atom stereocenters. The van der Waals surface area contributed by atoms with Gasteiger partial charge in [-0.25, -0.2) is 0 Å². The Morgan fingerprint density at radius 1 is 0.605 bits per heavy atom. The number of rotatable bonds is 12. The molecule has 0 aromatic heterocycles. The van der Waals surface area contributed by atoms with Gasteiger partial charge in [0.25, 0.3) is 0 Å². The lowest BCUT2D eigenvalue weighted by molar-refractivity contribution is 0.0238. The van der Waals surface area contributed by atoms with E-state index in [0.717, 1.165) is 29.7 Å². The maximum absolute atomic E-state index is 2.83. The Balaban J connectivity index is 1.11. The van der Waals surface area contributed by atoms with Crippen LogP contribution in [0.1, 0.15) is 121 Å². The highest BCUT2D eigenvalue weighted by Gasteiger charge is 2.37. The fourth-order valence-corrected chi connectivity index (χ4v) is 8.89. The average Bonchev–Trinajstić information content (AvgIpc) is 3.43. The van der Waals surface area contributed by atoms with Gasteiger partial charge in [-0.3, -0.25) is 9.80 Å². The highest BCUT2D eigenvalue weighted by Crippen LogP contribution is 2.41. The number of hydrogen-bond acceptors (Lipinski definition) is 5. The van der Waals surface area contributed by atoms with Crippen molar-refractivity contribution in [1.82, 2.24) is 24.5 Å². The predicted molar refractivity (Wildman–Crippen MR) is 187 cm³/mol. The van der Waals surface area contributed by atoms with Crippen LogP contribution in [-0.2, 0) is 0 Å². The molecule has 0 unspecified atom stereocenters. The van der Waals surface area contributed by atoms with Gasteiger partial charge in [-0.2, -0.15) is 0 Å². The summed E-state index contributed by atoms with van der Waals surface area (Å²) in [5.74, 6) is 3.47. The highest BCUT2D eigenvalue weighted by atomic mass is 15.3. The van der Waals surface area contributed by atoms with E-state index in [2.05, 4.69) is 93.7 Å². The minimum Gasteiger partial charge on any atom is -0.303 e. The van der Waals surface area contributed by atoms with Crippen LogP contribution in [0.4, 0.5) is 0 Å². The predicted octanol–water partition coefficient (Wildman–Crippen LogP) is 7.17. The molecule has 0 aliphatic carbocycles. The smallest absolute Gasteiger partial charge is 0.0154 e. The molecule has 0 spiro atoms. The van der Waals surface area contributed by atoms with Crippen molar-refractivity contribution in [2.24, 2.45) is 29.1 Å². The van der Waals surface area contributed by atoms with Crippen LogP contribution >= 0.6 is 0 Å². The van der Waals surface area contributed by atoms with Gasteiger partial charge in [0.1, 0.15) is 0 Å². The molecule has 4 aliphatic rings. The molecule has 0 saturated carbocycles. The molecule has 5 heteroatoms. The number of piperazine rings is 1. The van der Waals surface area contributed by atoms with Crippen LogP contribution in [0.2, 0.25) is 0 Å². The van der Waals surface area contributed by atoms with Crippen LogP contribution in [0.5, 0.6) is 0 Å². The van der Waals surface area contributed by atoms with E-state index in [1.165, 1.54) is 130 Å². The van der Waals surface area contributed by atoms with E-state index in [1.807, 2.05) is 0 Å². The summed E-state index contributed by atoms with van der Waals surface area (Å²) < 4.78 is 0. The minimum absolute atomic E-state index is 0.309. The first kappa shape index (κ1) is 35.7. The summed E-state index contributed by atoms with van der Waals surface area (Å²) in [6, 6.07) is 0.728. The summed E-state index contributed by atoms with van der Waals surface area (Å²) in [6.45, 7) is 40.1. The molecule has 0 amide bonds. The Kier molecular flexibility index (Phi) is 12.5. The zero-order valence-electron chi connectivity index (χ0n) is 30.8. The zero-order chi connectivity index (χ0) is 31.4. The number of piperidine rings is 2. The quantitative estimate of drug-likeness (QED) is 0.235. The number of likely N-dealkylation sites (tertiary alicyclic amines) is 3. The SMILES string of the molecule is CC(C)[C@@H](C)N1CC[C@H](CN2CCN(C(C)(C)CCC(C)(C)C3CCN(CCC4CCN(C(C)(C)C)CC4)CC3)CC2)C1. The molecule has 252 valence electrons. The Bertz CT molecular complexity index is 807. The van der Waals surface area contributed by atoms with Crippen molar-refractivity contribution in [3.05, 3.63) is 0 Å². The summed E-state index contributed by atoms with van der Waals surface area (Å²) in [5.41, 5.74) is 1.10. The molecular formula is C38H75N5. The van der Waals surface area contributed by atoms with Gasteiger partial charge in [0.05, 0.1) is 0 Å². The van der Waals surface area contributed by atoms with Crippen LogP contribution in [0.3, 0.4) is 0 Å². The average molecular weight is 602 g/mol. The summed E-state index contributed by atoms with van der Waals surface area (Å²) in [6.07, 6.45) is 11.1. The van der Waals surface area contributed by atoms with E-state index in [-0.39, 0.29) is 0 Å². The van der Waals surface area contributed by atoms with Crippen molar-refractivity contribution < 1.29 is 0 Å². The summed E-state index contributed by atoms with van der Waals surface area (Å²) in [5, 5.41) is 0. The normalized spacial score (nSPS) is 27.0. The third-order valence-corrected chi connectivity index (χ3v) is 13.1. The van der Waals surface area contributed by atoms with E-state index in [4.69, 9.17) is 0 Å². The molecule has 0 radical (unpaired) electrons. The Hall–Kier alpha value is -0.200. The second-order valence-electron chi connectivity index (χ2n) is 18.2. The summed E-state index contributed by atoms with van der Waals surface area (Å²) in [4.78, 5) is 13.9. The first-order chi connectivity index (χ1) is 20.1. The monoisotopic (exact) mass is 602 g/mol. The molecule has 5 nitrogen and oxygen atoms in total. The third-order valence-electron chi connectivity index (χ3n) is 13.1. The number of nitrogens with zero attached hydrogens (tertiary/aromatic N) is 5. The van der Waals surface area contributed by atoms with Gasteiger partial charge in [-0.15, -0.1) is 0 Å². The van der Waals surface area contributed by atoms with Crippen LogP contribution in [-0.4, -0.2) is 120 Å². The van der Waals surface area contributed by atoms with Gasteiger partial charge in [-0.1, -0.05) is 27.7 Å². The summed E-state index contributed by atoms with van der Waals surface area (Å²) in [7, 11) is 0. The molecule has 0 aromatic rings. The summed E-state index contributed by atoms with van der Waals surface area (Å²) >= 11 is 0. The molecule has 4 fully saturated rings. The van der Waals surface area contributed by atoms with Gasteiger partial charge in [0.2, 0.25) is 0 Å². The van der Waals surface area contributed by atoms with Gasteiger partial charge >= 0.3 is 0 Å². The minimum atomic E-state index is 0.309. The number of hydrogen-bond donors (Lipinski definition) is 0. The molecule has 4 aliphatic heterocycles. The molecule has 0 aromatic carbocycles. The molecule has 4 saturated heterocycles. The van der Waals surface area contributed by atoms with Crippen LogP contribution in [0.15, 0.2) is 0 Å². The van der Waals surface area contributed by atoms with E-state index >= 15 is 0 Å². The van der Waals surface area contributed by atoms with Crippen molar-refractivity contribution in [1.29, 1.82) is 0 Å². The largest absolute Gasteiger partial charge is 0.303 e. The molecule has 0 N–H and O–H groups in total. The Labute approximate surface area is 269 Å². The van der Waals surface area contributed by atoms with Crippen LogP contribution < -0.4 is 0 Å². The van der Waals surface area contributed by atoms with Crippen LogP contribution in [0.25, 0.3) is 0 Å².